The van der Waals surface area contributed by atoms with Crippen LogP contribution in [-0.2, 0) is 4.79 Å². The molecule has 1 amide bonds. The first-order valence-corrected chi connectivity index (χ1v) is 11.8. The van der Waals surface area contributed by atoms with Gasteiger partial charge in [-0.25, -0.2) is 0 Å². The molecule has 166 valence electrons. The van der Waals surface area contributed by atoms with Crippen LogP contribution >= 0.6 is 24.0 Å². The van der Waals surface area contributed by atoms with E-state index in [2.05, 4.69) is 46.4 Å². The first kappa shape index (κ1) is 22.6. The summed E-state index contributed by atoms with van der Waals surface area (Å²) in [5.41, 5.74) is 8.91. The second kappa shape index (κ2) is 8.09. The Hall–Kier alpha value is -2.57. The van der Waals surface area contributed by atoms with Gasteiger partial charge in [0.15, 0.2) is 11.6 Å². The Kier molecular flexibility index (Phi) is 5.72. The zero-order chi connectivity index (χ0) is 23.5. The molecule has 2 aromatic carbocycles. The van der Waals surface area contributed by atoms with Gasteiger partial charge in [-0.2, -0.15) is 0 Å². The molecule has 0 aromatic heterocycles. The first-order chi connectivity index (χ1) is 15.1. The molecule has 2 aromatic rings. The van der Waals surface area contributed by atoms with Crippen molar-refractivity contribution in [1.29, 1.82) is 0 Å². The molecule has 2 aliphatic heterocycles. The lowest BCUT2D eigenvalue weighted by Crippen LogP contribution is -2.22. The number of likely N-dealkylation sites (N-methyl/N-ethyl adjacent to an activating group) is 1. The van der Waals surface area contributed by atoms with Crippen molar-refractivity contribution in [2.45, 2.75) is 41.5 Å². The Balaban J connectivity index is 1.76. The summed E-state index contributed by atoms with van der Waals surface area (Å²) in [5, 5.41) is 2.50. The number of hydrogen-bond acceptors (Lipinski definition) is 5. The van der Waals surface area contributed by atoms with Crippen LogP contribution < -0.4 is 9.64 Å². The van der Waals surface area contributed by atoms with Crippen LogP contribution in [0.3, 0.4) is 0 Å². The van der Waals surface area contributed by atoms with Crippen LogP contribution in [0, 0.1) is 41.5 Å². The van der Waals surface area contributed by atoms with Crippen molar-refractivity contribution in [1.82, 2.24) is 4.90 Å². The summed E-state index contributed by atoms with van der Waals surface area (Å²) in [6.07, 6.45) is 7.49. The van der Waals surface area contributed by atoms with Crippen molar-refractivity contribution in [2.24, 2.45) is 0 Å². The average Bonchev–Trinajstić information content (AvgIpc) is 3.21. The molecule has 1 saturated heterocycles. The Morgan fingerprint density at radius 1 is 0.781 bits per heavy atom. The van der Waals surface area contributed by atoms with Crippen molar-refractivity contribution >= 4 is 50.7 Å². The molecule has 6 heteroatoms. The fourth-order valence-corrected chi connectivity index (χ4v) is 5.62. The Bertz CT molecular complexity index is 1300. The van der Waals surface area contributed by atoms with E-state index in [1.54, 1.807) is 13.1 Å². The summed E-state index contributed by atoms with van der Waals surface area (Å²) in [5.74, 6) is 1.63. The van der Waals surface area contributed by atoms with E-state index < -0.39 is 0 Å². The molecule has 0 saturated carbocycles. The van der Waals surface area contributed by atoms with E-state index in [-0.39, 0.29) is 5.91 Å². The number of fused-ring (bicyclic) bond motifs is 3. The lowest BCUT2D eigenvalue weighted by Gasteiger charge is -2.21. The molecular weight excluding hydrogens is 436 g/mol. The molecule has 0 bridgehead atoms. The lowest BCUT2D eigenvalue weighted by atomic mass is 9.87. The van der Waals surface area contributed by atoms with Gasteiger partial charge >= 0.3 is 0 Å². The number of rotatable bonds is 2. The van der Waals surface area contributed by atoms with Crippen molar-refractivity contribution in [3.63, 3.8) is 0 Å². The minimum Gasteiger partial charge on any atom is -0.438 e. The number of thiocarbonyl (C=S) groups is 1. The number of hydrogen-bond donors (Lipinski definition) is 0. The van der Waals surface area contributed by atoms with Crippen LogP contribution in [0.4, 0.5) is 5.69 Å². The van der Waals surface area contributed by atoms with Crippen LogP contribution in [-0.4, -0.2) is 29.2 Å². The zero-order valence-corrected chi connectivity index (χ0v) is 21.5. The summed E-state index contributed by atoms with van der Waals surface area (Å²) in [7, 11) is 3.74. The van der Waals surface area contributed by atoms with E-state index in [4.69, 9.17) is 17.0 Å². The van der Waals surface area contributed by atoms with Gasteiger partial charge in [-0.1, -0.05) is 36.1 Å². The molecular formula is C26H28N2O2S2. The van der Waals surface area contributed by atoms with E-state index in [0.717, 1.165) is 17.3 Å². The molecule has 0 unspecified atom stereocenters. The minimum atomic E-state index is -0.0620. The van der Waals surface area contributed by atoms with Gasteiger partial charge in [0.2, 0.25) is 0 Å². The number of aryl methyl sites for hydroxylation is 3. The van der Waals surface area contributed by atoms with Crippen molar-refractivity contribution in [2.75, 3.05) is 19.0 Å². The van der Waals surface area contributed by atoms with Gasteiger partial charge in [0.1, 0.15) is 4.32 Å². The maximum absolute atomic E-state index is 12.1. The maximum Gasteiger partial charge on any atom is 0.265 e. The fourth-order valence-electron chi connectivity index (χ4n) is 4.49. The molecule has 4 nitrogen and oxygen atoms in total. The Morgan fingerprint density at radius 2 is 1.34 bits per heavy atom. The average molecular weight is 465 g/mol. The predicted molar refractivity (Wildman–Crippen MR) is 140 cm³/mol. The molecule has 0 radical (unpaired) electrons. The smallest absolute Gasteiger partial charge is 0.265 e. The van der Waals surface area contributed by atoms with Gasteiger partial charge in [0.05, 0.1) is 10.6 Å². The Morgan fingerprint density at radius 3 is 1.94 bits per heavy atom. The SMILES string of the molecule is Cc1c(C)c(C)c2c3c(c(C)c(C)c2c1C)N(C)C(=CC=CC=C1SC(=S)N(C)C1=O)O3. The lowest BCUT2D eigenvalue weighted by molar-refractivity contribution is -0.121. The topological polar surface area (TPSA) is 32.8 Å². The number of allylic oxidation sites excluding steroid dienone is 4. The van der Waals surface area contributed by atoms with Crippen LogP contribution in [0.1, 0.15) is 33.4 Å². The molecule has 32 heavy (non-hydrogen) atoms. The largest absolute Gasteiger partial charge is 0.438 e. The molecule has 0 N–H and O–H groups in total. The molecule has 2 aliphatic rings. The second-order valence-electron chi connectivity index (χ2n) is 8.49. The van der Waals surface area contributed by atoms with Gasteiger partial charge in [-0.15, -0.1) is 0 Å². The fraction of sp³-hybridized carbons (Fsp3) is 0.308. The van der Waals surface area contributed by atoms with E-state index in [0.29, 0.717) is 9.23 Å². The summed E-state index contributed by atoms with van der Waals surface area (Å²) >= 11 is 6.50. The number of anilines is 1. The molecule has 0 atom stereocenters. The molecule has 1 fully saturated rings. The number of thioether (sulfide) groups is 1. The van der Waals surface area contributed by atoms with Gasteiger partial charge in [-0.05, 0) is 92.5 Å². The van der Waals surface area contributed by atoms with Gasteiger partial charge in [0, 0.05) is 19.5 Å². The van der Waals surface area contributed by atoms with Crippen LogP contribution in [0.25, 0.3) is 10.8 Å². The first-order valence-electron chi connectivity index (χ1n) is 10.6. The third kappa shape index (κ3) is 3.28. The quantitative estimate of drug-likeness (QED) is 0.385. The van der Waals surface area contributed by atoms with E-state index >= 15 is 0 Å². The number of carbonyl (C=O) groups excluding carboxylic acids is 1. The standard InChI is InChI=1S/C26H28N2O2S2/c1-13-14(2)16(4)22-21(15(13)3)17(5)18(6)23-24(22)30-20(27(23)7)12-10-9-11-19-25(29)28(8)26(31)32-19/h9-12H,1-8H3. The van der Waals surface area contributed by atoms with Gasteiger partial charge < -0.3 is 9.64 Å². The van der Waals surface area contributed by atoms with Crippen LogP contribution in [0.2, 0.25) is 0 Å². The molecule has 0 spiro atoms. The highest BCUT2D eigenvalue weighted by Gasteiger charge is 2.31. The number of carbonyl (C=O) groups is 1. The number of ether oxygens (including phenoxy) is 1. The van der Waals surface area contributed by atoms with E-state index in [9.17, 15) is 4.79 Å². The van der Waals surface area contributed by atoms with Gasteiger partial charge in [0.25, 0.3) is 5.91 Å². The van der Waals surface area contributed by atoms with Crippen molar-refractivity contribution in [3.8, 4) is 5.75 Å². The number of benzene rings is 2. The number of nitrogens with zero attached hydrogens (tertiary/aromatic N) is 2. The second-order valence-corrected chi connectivity index (χ2v) is 10.2. The Labute approximate surface area is 199 Å². The summed E-state index contributed by atoms with van der Waals surface area (Å²) < 4.78 is 7.02. The predicted octanol–water partition coefficient (Wildman–Crippen LogP) is 6.29. The van der Waals surface area contributed by atoms with E-state index in [1.807, 2.05) is 25.3 Å². The highest BCUT2D eigenvalue weighted by Crippen LogP contribution is 2.50. The zero-order valence-electron chi connectivity index (χ0n) is 19.8. The third-order valence-corrected chi connectivity index (χ3v) is 8.38. The highest BCUT2D eigenvalue weighted by molar-refractivity contribution is 8.26. The normalized spacial score (nSPS) is 18.8. The third-order valence-electron chi connectivity index (χ3n) is 6.88. The van der Waals surface area contributed by atoms with E-state index in [1.165, 1.54) is 60.8 Å². The van der Waals surface area contributed by atoms with Crippen LogP contribution in [0.15, 0.2) is 35.1 Å². The van der Waals surface area contributed by atoms with Crippen molar-refractivity contribution < 1.29 is 9.53 Å². The summed E-state index contributed by atoms with van der Waals surface area (Å²) in [4.78, 5) is 16.4. The molecule has 0 aliphatic carbocycles. The molecule has 2 heterocycles. The summed E-state index contributed by atoms with van der Waals surface area (Å²) in [6.45, 7) is 13.2. The van der Waals surface area contributed by atoms with Crippen LogP contribution in [0.5, 0.6) is 5.75 Å². The molecule has 4 rings (SSSR count). The minimum absolute atomic E-state index is 0.0620. The monoisotopic (exact) mass is 464 g/mol. The maximum atomic E-state index is 12.1. The van der Waals surface area contributed by atoms with Crippen molar-refractivity contribution in [3.05, 3.63) is 68.5 Å². The number of amides is 1. The highest BCUT2D eigenvalue weighted by atomic mass is 32.2. The summed E-state index contributed by atoms with van der Waals surface area (Å²) in [6, 6.07) is 0. The van der Waals surface area contributed by atoms with Gasteiger partial charge in [-0.3, -0.25) is 9.69 Å².